The number of rotatable bonds is 2. The Labute approximate surface area is 129 Å². The van der Waals surface area contributed by atoms with Crippen LogP contribution in [0.4, 0.5) is 0 Å². The first kappa shape index (κ1) is 12.8. The lowest BCUT2D eigenvalue weighted by Crippen LogP contribution is -1.90. The van der Waals surface area contributed by atoms with Crippen LogP contribution < -0.4 is 0 Å². The molecular formula is C20H16N2. The number of fused-ring (bicyclic) bond motifs is 5. The van der Waals surface area contributed by atoms with Crippen molar-refractivity contribution < 1.29 is 0 Å². The third-order valence-electron chi connectivity index (χ3n) is 4.09. The van der Waals surface area contributed by atoms with Crippen LogP contribution >= 0.6 is 0 Å². The van der Waals surface area contributed by atoms with E-state index in [0.29, 0.717) is 0 Å². The summed E-state index contributed by atoms with van der Waals surface area (Å²) in [5, 5.41) is 2.42. The van der Waals surface area contributed by atoms with E-state index in [9.17, 15) is 0 Å². The molecule has 0 radical (unpaired) electrons. The summed E-state index contributed by atoms with van der Waals surface area (Å²) in [6, 6.07) is 14.6. The first-order valence-electron chi connectivity index (χ1n) is 7.41. The number of hydrogen-bond donors (Lipinski definition) is 0. The maximum atomic E-state index is 4.86. The molecule has 2 heteroatoms. The van der Waals surface area contributed by atoms with Gasteiger partial charge in [-0.15, -0.1) is 0 Å². The van der Waals surface area contributed by atoms with Crippen LogP contribution in [0, 0.1) is 0 Å². The molecule has 0 bridgehead atoms. The van der Waals surface area contributed by atoms with Gasteiger partial charge in [0, 0.05) is 17.1 Å². The molecule has 0 fully saturated rings. The Morgan fingerprint density at radius 1 is 1.00 bits per heavy atom. The van der Waals surface area contributed by atoms with Crippen LogP contribution in [0.25, 0.3) is 39.6 Å². The molecule has 0 atom stereocenters. The van der Waals surface area contributed by atoms with Crippen molar-refractivity contribution in [2.45, 2.75) is 6.92 Å². The van der Waals surface area contributed by atoms with E-state index in [2.05, 4.69) is 53.6 Å². The number of aromatic nitrogens is 2. The normalized spacial score (nSPS) is 11.9. The van der Waals surface area contributed by atoms with E-state index in [1.54, 1.807) is 0 Å². The van der Waals surface area contributed by atoms with Gasteiger partial charge in [0.2, 0.25) is 0 Å². The van der Waals surface area contributed by atoms with E-state index in [1.165, 1.54) is 10.8 Å². The highest BCUT2D eigenvalue weighted by atomic mass is 15.0. The summed E-state index contributed by atoms with van der Waals surface area (Å²) in [6.45, 7) is 6.05. The molecule has 0 amide bonds. The average Bonchev–Trinajstić information content (AvgIpc) is 2.95. The smallest absolute Gasteiger partial charge is 0.137 e. The second-order valence-corrected chi connectivity index (χ2v) is 5.31. The van der Waals surface area contributed by atoms with Crippen molar-refractivity contribution in [2.24, 2.45) is 0 Å². The Morgan fingerprint density at radius 3 is 2.55 bits per heavy atom. The third-order valence-corrected chi connectivity index (χ3v) is 4.09. The molecule has 0 aliphatic rings. The van der Waals surface area contributed by atoms with Crippen molar-refractivity contribution in [3.8, 4) is 0 Å². The second-order valence-electron chi connectivity index (χ2n) is 5.31. The fourth-order valence-corrected chi connectivity index (χ4v) is 3.19. The van der Waals surface area contributed by atoms with E-state index in [0.717, 1.165) is 27.8 Å². The summed E-state index contributed by atoms with van der Waals surface area (Å²) in [5.41, 5.74) is 5.43. The highest BCUT2D eigenvalue weighted by Gasteiger charge is 2.15. The monoisotopic (exact) mass is 284 g/mol. The molecule has 0 aliphatic carbocycles. The molecule has 2 aromatic carbocycles. The van der Waals surface area contributed by atoms with Crippen molar-refractivity contribution >= 4 is 39.6 Å². The van der Waals surface area contributed by atoms with Crippen LogP contribution in [0.1, 0.15) is 18.1 Å². The van der Waals surface area contributed by atoms with Gasteiger partial charge in [0.1, 0.15) is 5.65 Å². The number of imidazole rings is 1. The van der Waals surface area contributed by atoms with Gasteiger partial charge in [-0.2, -0.15) is 0 Å². The fourth-order valence-electron chi connectivity index (χ4n) is 3.19. The molecule has 0 saturated carbocycles. The van der Waals surface area contributed by atoms with Gasteiger partial charge in [-0.25, -0.2) is 4.98 Å². The lowest BCUT2D eigenvalue weighted by molar-refractivity contribution is 1.23. The zero-order chi connectivity index (χ0) is 15.1. The number of allylic oxidation sites excluding steroid dienone is 1. The summed E-state index contributed by atoms with van der Waals surface area (Å²) in [6.07, 6.45) is 8.18. The topological polar surface area (TPSA) is 17.3 Å². The minimum Gasteiger partial charge on any atom is -0.299 e. The van der Waals surface area contributed by atoms with Crippen LogP contribution in [0.15, 0.2) is 61.3 Å². The Kier molecular flexibility index (Phi) is 2.83. The van der Waals surface area contributed by atoms with Gasteiger partial charge in [0.15, 0.2) is 0 Å². The van der Waals surface area contributed by atoms with Crippen LogP contribution in [-0.2, 0) is 0 Å². The van der Waals surface area contributed by atoms with E-state index < -0.39 is 0 Å². The van der Waals surface area contributed by atoms with Crippen molar-refractivity contribution in [3.05, 3.63) is 72.4 Å². The molecule has 0 spiro atoms. The summed E-state index contributed by atoms with van der Waals surface area (Å²) in [7, 11) is 0. The Morgan fingerprint density at radius 2 is 1.77 bits per heavy atom. The molecule has 22 heavy (non-hydrogen) atoms. The predicted octanol–water partition coefficient (Wildman–Crippen LogP) is 5.32. The Balaban J connectivity index is 2.39. The zero-order valence-electron chi connectivity index (χ0n) is 12.5. The van der Waals surface area contributed by atoms with Crippen molar-refractivity contribution in [1.29, 1.82) is 0 Å². The van der Waals surface area contributed by atoms with E-state index in [-0.39, 0.29) is 0 Å². The van der Waals surface area contributed by atoms with Crippen LogP contribution in [0.3, 0.4) is 0 Å². The quantitative estimate of drug-likeness (QED) is 0.487. The van der Waals surface area contributed by atoms with E-state index >= 15 is 0 Å². The highest BCUT2D eigenvalue weighted by Crippen LogP contribution is 2.34. The van der Waals surface area contributed by atoms with Gasteiger partial charge >= 0.3 is 0 Å². The number of hydrogen-bond acceptors (Lipinski definition) is 1. The second kappa shape index (κ2) is 4.85. The maximum Gasteiger partial charge on any atom is 0.137 e. The van der Waals surface area contributed by atoms with Gasteiger partial charge in [0.05, 0.1) is 11.0 Å². The largest absolute Gasteiger partial charge is 0.299 e. The molecule has 0 unspecified atom stereocenters. The standard InChI is InChI=1S/C20H16N2/c1-3-9-16-14(4-2)15-10-5-6-11-17(15)20-19(16)21-18-12-7-8-13-22(18)20/h3-13H,2H2,1H3/b9-3-. The van der Waals surface area contributed by atoms with Gasteiger partial charge in [-0.05, 0) is 30.0 Å². The summed E-state index contributed by atoms with van der Waals surface area (Å²) in [5.74, 6) is 0. The minimum absolute atomic E-state index is 0.967. The first-order chi connectivity index (χ1) is 10.8. The summed E-state index contributed by atoms with van der Waals surface area (Å²) >= 11 is 0. The Bertz CT molecular complexity index is 1050. The lowest BCUT2D eigenvalue weighted by Gasteiger charge is -2.09. The minimum atomic E-state index is 0.967. The van der Waals surface area contributed by atoms with Gasteiger partial charge in [0.25, 0.3) is 0 Å². The zero-order valence-corrected chi connectivity index (χ0v) is 12.5. The number of pyridine rings is 1. The molecule has 4 rings (SSSR count). The summed E-state index contributed by atoms with van der Waals surface area (Å²) < 4.78 is 2.16. The average molecular weight is 284 g/mol. The number of nitrogens with zero attached hydrogens (tertiary/aromatic N) is 2. The summed E-state index contributed by atoms with van der Waals surface area (Å²) in [4.78, 5) is 4.86. The van der Waals surface area contributed by atoms with Crippen LogP contribution in [0.2, 0.25) is 0 Å². The maximum absolute atomic E-state index is 4.86. The molecule has 4 aromatic rings. The van der Waals surface area contributed by atoms with Crippen molar-refractivity contribution in [1.82, 2.24) is 9.38 Å². The van der Waals surface area contributed by atoms with Crippen LogP contribution in [0.5, 0.6) is 0 Å². The third kappa shape index (κ3) is 1.64. The molecule has 0 saturated heterocycles. The van der Waals surface area contributed by atoms with E-state index in [4.69, 9.17) is 4.98 Å². The molecule has 2 nitrogen and oxygen atoms in total. The number of benzene rings is 2. The highest BCUT2D eigenvalue weighted by molar-refractivity contribution is 6.13. The molecule has 0 aliphatic heterocycles. The molecule has 106 valence electrons. The molecule has 2 heterocycles. The molecular weight excluding hydrogens is 268 g/mol. The molecule has 2 aromatic heterocycles. The SMILES string of the molecule is C=Cc1c(/C=C\C)c2nc3ccccn3c2c2ccccc12. The Hall–Kier alpha value is -2.87. The molecule has 0 N–H and O–H groups in total. The predicted molar refractivity (Wildman–Crippen MR) is 95.0 cm³/mol. The van der Waals surface area contributed by atoms with Crippen molar-refractivity contribution in [3.63, 3.8) is 0 Å². The van der Waals surface area contributed by atoms with Gasteiger partial charge in [-0.1, -0.05) is 55.1 Å². The van der Waals surface area contributed by atoms with E-state index in [1.807, 2.05) is 31.2 Å². The first-order valence-corrected chi connectivity index (χ1v) is 7.41. The van der Waals surface area contributed by atoms with Gasteiger partial charge in [-0.3, -0.25) is 4.40 Å². The fraction of sp³-hybridized carbons (Fsp3) is 0.0500. The van der Waals surface area contributed by atoms with Crippen LogP contribution in [-0.4, -0.2) is 9.38 Å². The van der Waals surface area contributed by atoms with Gasteiger partial charge < -0.3 is 0 Å². The van der Waals surface area contributed by atoms with Crippen molar-refractivity contribution in [2.75, 3.05) is 0 Å². The lowest BCUT2D eigenvalue weighted by atomic mass is 9.96.